The van der Waals surface area contributed by atoms with Crippen molar-refractivity contribution in [2.45, 2.75) is 52.7 Å². The Morgan fingerprint density at radius 2 is 1.74 bits per heavy atom. The Bertz CT molecular complexity index is 1830. The molecule has 5 aromatic rings. The van der Waals surface area contributed by atoms with Gasteiger partial charge in [0.1, 0.15) is 0 Å². The van der Waals surface area contributed by atoms with E-state index in [-0.39, 0.29) is 30.0 Å². The third-order valence-electron chi connectivity index (χ3n) is 8.57. The van der Waals surface area contributed by atoms with Gasteiger partial charge in [-0.15, -0.1) is 0 Å². The average Bonchev–Trinajstić information content (AvgIpc) is 3.50. The van der Waals surface area contributed by atoms with E-state index in [1.807, 2.05) is 28.8 Å². The van der Waals surface area contributed by atoms with Crippen molar-refractivity contribution in [2.24, 2.45) is 5.92 Å². The van der Waals surface area contributed by atoms with Crippen LogP contribution in [0, 0.1) is 23.0 Å². The van der Waals surface area contributed by atoms with Crippen molar-refractivity contribution in [1.82, 2.24) is 19.8 Å². The molecular weight excluding hydrogens is 609 g/mol. The van der Waals surface area contributed by atoms with Gasteiger partial charge in [0.25, 0.3) is 5.69 Å². The van der Waals surface area contributed by atoms with Gasteiger partial charge in [-0.05, 0) is 59.1 Å². The fourth-order valence-electron chi connectivity index (χ4n) is 5.56. The van der Waals surface area contributed by atoms with Gasteiger partial charge in [0, 0.05) is 55.4 Å². The number of anilines is 1. The highest BCUT2D eigenvalue weighted by molar-refractivity contribution is 7.80. The van der Waals surface area contributed by atoms with Gasteiger partial charge in [0.15, 0.2) is 5.11 Å². The number of nitro groups is 1. The number of aromatic nitrogens is 2. The zero-order chi connectivity index (χ0) is 33.3. The van der Waals surface area contributed by atoms with Gasteiger partial charge in [-0.2, -0.15) is 0 Å². The zero-order valence-corrected chi connectivity index (χ0v) is 27.7. The summed E-state index contributed by atoms with van der Waals surface area (Å²) in [6.45, 7) is 7.87. The van der Waals surface area contributed by atoms with Crippen LogP contribution in [0.4, 0.5) is 11.4 Å². The predicted octanol–water partition coefficient (Wildman–Crippen LogP) is 7.27. The fraction of sp³-hybridized carbons (Fsp3) is 0.270. The van der Waals surface area contributed by atoms with Gasteiger partial charge in [0.05, 0.1) is 17.7 Å². The molecule has 9 nitrogen and oxygen atoms in total. The van der Waals surface area contributed by atoms with Crippen molar-refractivity contribution in [2.75, 3.05) is 11.9 Å². The van der Waals surface area contributed by atoms with Gasteiger partial charge in [0.2, 0.25) is 5.91 Å². The molecule has 0 saturated carbocycles. The molecular formula is C37H40N6O3S. The number of thiocarbonyl (C=S) groups is 1. The molecule has 242 valence electrons. The number of nitro benzene ring substituents is 1. The lowest BCUT2D eigenvalue weighted by Gasteiger charge is -2.33. The lowest BCUT2D eigenvalue weighted by Crippen LogP contribution is -2.50. The highest BCUT2D eigenvalue weighted by atomic mass is 32.1. The molecule has 2 N–H and O–H groups in total. The van der Waals surface area contributed by atoms with Crippen molar-refractivity contribution in [3.8, 4) is 0 Å². The molecule has 1 aromatic heterocycles. The smallest absolute Gasteiger partial charge is 0.269 e. The van der Waals surface area contributed by atoms with Crippen molar-refractivity contribution in [1.29, 1.82) is 0 Å². The maximum absolute atomic E-state index is 13.6. The molecule has 0 aliphatic heterocycles. The van der Waals surface area contributed by atoms with E-state index in [0.29, 0.717) is 24.7 Å². The molecule has 1 heterocycles. The summed E-state index contributed by atoms with van der Waals surface area (Å²) >= 11 is 6.02. The number of fused-ring (bicyclic) bond motifs is 1. The quantitative estimate of drug-likeness (QED) is 0.0786. The van der Waals surface area contributed by atoms with Crippen LogP contribution in [0.15, 0.2) is 104 Å². The van der Waals surface area contributed by atoms with Crippen LogP contribution in [0.2, 0.25) is 0 Å². The second-order valence-corrected chi connectivity index (χ2v) is 12.4. The van der Waals surface area contributed by atoms with Crippen LogP contribution < -0.4 is 10.6 Å². The number of benzene rings is 4. The summed E-state index contributed by atoms with van der Waals surface area (Å²) < 4.78 is 1.90. The van der Waals surface area contributed by atoms with Crippen LogP contribution >= 0.6 is 12.2 Å². The summed E-state index contributed by atoms with van der Waals surface area (Å²) in [5.74, 6) is 0.0736. The number of carbonyl (C=O) groups is 1. The molecule has 0 bridgehead atoms. The number of nitrogens with one attached hydrogen (secondary N) is 2. The molecule has 0 radical (unpaired) electrons. The third-order valence-corrected chi connectivity index (χ3v) is 8.93. The van der Waals surface area contributed by atoms with E-state index in [4.69, 9.17) is 12.2 Å². The van der Waals surface area contributed by atoms with Crippen LogP contribution in [0.1, 0.15) is 42.7 Å². The van der Waals surface area contributed by atoms with Crippen LogP contribution in [0.5, 0.6) is 0 Å². The maximum Gasteiger partial charge on any atom is 0.269 e. The van der Waals surface area contributed by atoms with E-state index in [1.165, 1.54) is 28.5 Å². The van der Waals surface area contributed by atoms with E-state index in [1.54, 1.807) is 24.7 Å². The Morgan fingerprint density at radius 3 is 2.47 bits per heavy atom. The van der Waals surface area contributed by atoms with Crippen LogP contribution in [-0.4, -0.2) is 43.0 Å². The number of nitrogens with zero attached hydrogens (tertiary/aromatic N) is 4. The van der Waals surface area contributed by atoms with Gasteiger partial charge in [-0.25, -0.2) is 4.98 Å². The van der Waals surface area contributed by atoms with Crippen LogP contribution in [0.25, 0.3) is 10.8 Å². The van der Waals surface area contributed by atoms with Gasteiger partial charge >= 0.3 is 0 Å². The van der Waals surface area contributed by atoms with Crippen molar-refractivity contribution >= 4 is 45.4 Å². The minimum Gasteiger partial charge on any atom is -0.351 e. The highest BCUT2D eigenvalue weighted by Crippen LogP contribution is 2.22. The van der Waals surface area contributed by atoms with E-state index >= 15 is 0 Å². The fourth-order valence-corrected chi connectivity index (χ4v) is 5.82. The molecule has 4 aromatic carbocycles. The minimum absolute atomic E-state index is 0.0399. The van der Waals surface area contributed by atoms with E-state index in [9.17, 15) is 14.9 Å². The first-order valence-corrected chi connectivity index (χ1v) is 16.2. The Morgan fingerprint density at radius 1 is 1.02 bits per heavy atom. The Kier molecular flexibility index (Phi) is 11.0. The van der Waals surface area contributed by atoms with Crippen molar-refractivity contribution in [3.63, 3.8) is 0 Å². The van der Waals surface area contributed by atoms with E-state index in [2.05, 4.69) is 83.8 Å². The third kappa shape index (κ3) is 8.80. The summed E-state index contributed by atoms with van der Waals surface area (Å²) in [7, 11) is 0. The lowest BCUT2D eigenvalue weighted by molar-refractivity contribution is -0.384. The SMILES string of the molecule is CC[C@H](C)[C@@H](CN(Cc1cccc2ccccc12)C(=S)Nc1ccc(C)cc1)NC(=O)Cc1cncn1Cc1ccc([N+](=O)[O-])cc1. The van der Waals surface area contributed by atoms with E-state index < -0.39 is 4.92 Å². The lowest BCUT2D eigenvalue weighted by atomic mass is 9.97. The summed E-state index contributed by atoms with van der Waals surface area (Å²) in [6, 6.07) is 29.0. The summed E-state index contributed by atoms with van der Waals surface area (Å²) in [5.41, 5.74) is 4.91. The van der Waals surface area contributed by atoms with Gasteiger partial charge in [-0.3, -0.25) is 14.9 Å². The molecule has 0 aliphatic carbocycles. The number of rotatable bonds is 13. The number of non-ortho nitro benzene ring substituents is 1. The first kappa shape index (κ1) is 33.3. The van der Waals surface area contributed by atoms with Crippen LogP contribution in [-0.2, 0) is 24.3 Å². The molecule has 5 rings (SSSR count). The average molecular weight is 649 g/mol. The Hall–Kier alpha value is -5.09. The summed E-state index contributed by atoms with van der Waals surface area (Å²) in [5, 5.41) is 20.7. The largest absolute Gasteiger partial charge is 0.351 e. The number of aryl methyl sites for hydroxylation is 1. The highest BCUT2D eigenvalue weighted by Gasteiger charge is 2.24. The second-order valence-electron chi connectivity index (χ2n) is 12.0. The molecule has 0 aliphatic rings. The van der Waals surface area contributed by atoms with Crippen molar-refractivity contribution < 1.29 is 9.72 Å². The normalized spacial score (nSPS) is 12.3. The number of hydrogen-bond acceptors (Lipinski definition) is 5. The monoisotopic (exact) mass is 648 g/mol. The summed E-state index contributed by atoms with van der Waals surface area (Å²) in [6.07, 6.45) is 4.40. The second kappa shape index (κ2) is 15.5. The molecule has 2 atom stereocenters. The predicted molar refractivity (Wildman–Crippen MR) is 191 cm³/mol. The van der Waals surface area contributed by atoms with Crippen molar-refractivity contribution in [3.05, 3.63) is 136 Å². The standard InChI is InChI=1S/C37H40N6O3S/c1-4-27(3)35(40-36(44)20-33-21-38-25-42(33)22-28-14-18-32(19-15-28)43(45)46)24-41(37(47)39-31-16-12-26(2)13-17-31)23-30-10-7-9-29-8-5-6-11-34(29)30/h5-19,21,25,27,35H,4,20,22-24H2,1-3H3,(H,39,47)(H,40,44)/t27-,35+/m0/s1. The maximum atomic E-state index is 13.6. The van der Waals surface area contributed by atoms with Crippen LogP contribution in [0.3, 0.4) is 0 Å². The number of carbonyl (C=O) groups excluding carboxylic acids is 1. The molecule has 0 saturated heterocycles. The minimum atomic E-state index is -0.418. The summed E-state index contributed by atoms with van der Waals surface area (Å²) in [4.78, 5) is 30.6. The molecule has 47 heavy (non-hydrogen) atoms. The first-order chi connectivity index (χ1) is 22.7. The Labute approximate surface area is 280 Å². The Balaban J connectivity index is 1.34. The number of amides is 1. The number of hydrogen-bond donors (Lipinski definition) is 2. The number of imidazole rings is 1. The van der Waals surface area contributed by atoms with E-state index in [0.717, 1.165) is 28.9 Å². The van der Waals surface area contributed by atoms with Gasteiger partial charge < -0.3 is 20.1 Å². The molecule has 10 heteroatoms. The molecule has 0 spiro atoms. The molecule has 0 unspecified atom stereocenters. The zero-order valence-electron chi connectivity index (χ0n) is 26.9. The molecule has 0 fully saturated rings. The molecule has 1 amide bonds. The van der Waals surface area contributed by atoms with Gasteiger partial charge in [-0.1, -0.05) is 92.6 Å². The first-order valence-electron chi connectivity index (χ1n) is 15.8. The topological polar surface area (TPSA) is 105 Å².